The minimum Gasteiger partial charge on any atom is -0.348 e. The summed E-state index contributed by atoms with van der Waals surface area (Å²) >= 11 is 0. The first-order valence-electron chi connectivity index (χ1n) is 8.48. The number of pyridine rings is 1. The number of carbonyl (C=O) groups is 2. The molecule has 0 aromatic carbocycles. The van der Waals surface area contributed by atoms with E-state index < -0.39 is 33.7 Å². The molecule has 3 aromatic rings. The molecule has 1 aliphatic rings. The van der Waals surface area contributed by atoms with Crippen molar-refractivity contribution < 1.29 is 22.5 Å². The molecule has 1 aliphatic heterocycles. The minimum absolute atomic E-state index is 0.0556. The Morgan fingerprint density at radius 3 is 2.54 bits per heavy atom. The van der Waals surface area contributed by atoms with Gasteiger partial charge in [0.05, 0.1) is 29.0 Å². The first-order chi connectivity index (χ1) is 13.3. The lowest BCUT2D eigenvalue weighted by atomic mass is 10.1. The predicted octanol–water partition coefficient (Wildman–Crippen LogP) is -0.113. The molecule has 2 amide bonds. The predicted molar refractivity (Wildman–Crippen MR) is 98.4 cm³/mol. The van der Waals surface area contributed by atoms with Crippen molar-refractivity contribution >= 4 is 32.7 Å². The number of fused-ring (bicyclic) bond motifs is 1. The van der Waals surface area contributed by atoms with Crippen molar-refractivity contribution in [3.8, 4) is 0 Å². The van der Waals surface area contributed by atoms with Gasteiger partial charge in [0.1, 0.15) is 5.69 Å². The first kappa shape index (κ1) is 18.2. The highest BCUT2D eigenvalue weighted by atomic mass is 32.2. The quantitative estimate of drug-likeness (QED) is 0.620. The van der Waals surface area contributed by atoms with Crippen molar-refractivity contribution in [2.45, 2.75) is 12.1 Å². The monoisotopic (exact) mass is 403 g/mol. The standard InChI is InChI=1S/C17H17N5O5S/c1-22-7-3-5-13(22)16(23)19-11-8-28(25,26)9-12(11)20-17(24)14-10-4-2-6-18-15(10)21-27-14/h2-7,11-12H,8-9H2,1H3,(H,19,23)(H,20,24)/t11-,12+/m1/s1. The molecule has 0 spiro atoms. The molecule has 146 valence electrons. The Labute approximate surface area is 159 Å². The van der Waals surface area contributed by atoms with Crippen LogP contribution in [0.4, 0.5) is 0 Å². The molecular weight excluding hydrogens is 386 g/mol. The van der Waals surface area contributed by atoms with E-state index in [9.17, 15) is 18.0 Å². The van der Waals surface area contributed by atoms with Gasteiger partial charge in [-0.25, -0.2) is 13.4 Å². The summed E-state index contributed by atoms with van der Waals surface area (Å²) in [6, 6.07) is 5.05. The minimum atomic E-state index is -3.42. The Balaban J connectivity index is 1.54. The molecule has 4 rings (SSSR count). The van der Waals surface area contributed by atoms with E-state index in [1.807, 2.05) is 0 Å². The van der Waals surface area contributed by atoms with Crippen LogP contribution >= 0.6 is 0 Å². The second-order valence-corrected chi connectivity index (χ2v) is 8.78. The van der Waals surface area contributed by atoms with Gasteiger partial charge in [-0.1, -0.05) is 5.16 Å². The number of sulfone groups is 1. The Bertz CT molecular complexity index is 1170. The summed E-state index contributed by atoms with van der Waals surface area (Å²) in [5.74, 6) is -1.62. The van der Waals surface area contributed by atoms with E-state index in [-0.39, 0.29) is 22.9 Å². The highest BCUT2D eigenvalue weighted by Crippen LogP contribution is 2.18. The third kappa shape index (κ3) is 3.36. The van der Waals surface area contributed by atoms with Crippen molar-refractivity contribution in [2.75, 3.05) is 11.5 Å². The maximum absolute atomic E-state index is 12.6. The number of aromatic nitrogens is 3. The molecule has 2 atom stereocenters. The Morgan fingerprint density at radius 1 is 1.14 bits per heavy atom. The van der Waals surface area contributed by atoms with E-state index >= 15 is 0 Å². The van der Waals surface area contributed by atoms with Crippen molar-refractivity contribution in [1.29, 1.82) is 0 Å². The number of nitrogens with zero attached hydrogens (tertiary/aromatic N) is 3. The smallest absolute Gasteiger partial charge is 0.290 e. The highest BCUT2D eigenvalue weighted by molar-refractivity contribution is 7.91. The van der Waals surface area contributed by atoms with E-state index in [0.29, 0.717) is 11.1 Å². The third-order valence-corrected chi connectivity index (χ3v) is 6.36. The zero-order chi connectivity index (χ0) is 19.9. The lowest BCUT2D eigenvalue weighted by molar-refractivity contribution is 0.0873. The van der Waals surface area contributed by atoms with Crippen LogP contribution in [0.15, 0.2) is 41.2 Å². The average molecular weight is 403 g/mol. The van der Waals surface area contributed by atoms with Crippen LogP contribution < -0.4 is 10.6 Å². The van der Waals surface area contributed by atoms with Gasteiger partial charge < -0.3 is 19.7 Å². The number of amides is 2. The SMILES string of the molecule is Cn1cccc1C(=O)N[C@@H]1CS(=O)(=O)C[C@@H]1NC(=O)c1onc2ncccc12. The van der Waals surface area contributed by atoms with Crippen molar-refractivity contribution in [3.05, 3.63) is 48.1 Å². The Hall–Kier alpha value is -3.21. The van der Waals surface area contributed by atoms with Gasteiger partial charge in [0.15, 0.2) is 9.84 Å². The van der Waals surface area contributed by atoms with Crippen LogP contribution in [0.5, 0.6) is 0 Å². The van der Waals surface area contributed by atoms with E-state index in [1.54, 1.807) is 42.1 Å². The zero-order valence-electron chi connectivity index (χ0n) is 14.8. The number of rotatable bonds is 4. The van der Waals surface area contributed by atoms with Crippen LogP contribution in [-0.2, 0) is 16.9 Å². The van der Waals surface area contributed by atoms with Gasteiger partial charge in [0.25, 0.3) is 11.8 Å². The van der Waals surface area contributed by atoms with Crippen LogP contribution in [0.3, 0.4) is 0 Å². The number of aryl methyl sites for hydroxylation is 1. The van der Waals surface area contributed by atoms with Gasteiger partial charge in [0, 0.05) is 19.4 Å². The van der Waals surface area contributed by atoms with E-state index in [4.69, 9.17) is 4.52 Å². The number of hydrogen-bond donors (Lipinski definition) is 2. The summed E-state index contributed by atoms with van der Waals surface area (Å²) in [6.07, 6.45) is 3.23. The summed E-state index contributed by atoms with van der Waals surface area (Å²) < 4.78 is 30.9. The normalized spacial score (nSPS) is 20.9. The second-order valence-electron chi connectivity index (χ2n) is 6.63. The third-order valence-electron chi connectivity index (χ3n) is 4.62. The van der Waals surface area contributed by atoms with Gasteiger partial charge in [0.2, 0.25) is 11.4 Å². The molecule has 0 bridgehead atoms. The Morgan fingerprint density at radius 2 is 1.86 bits per heavy atom. The van der Waals surface area contributed by atoms with Crippen LogP contribution in [0, 0.1) is 0 Å². The molecule has 1 fully saturated rings. The number of hydrogen-bond acceptors (Lipinski definition) is 7. The zero-order valence-corrected chi connectivity index (χ0v) is 15.6. The van der Waals surface area contributed by atoms with Gasteiger partial charge >= 0.3 is 0 Å². The van der Waals surface area contributed by atoms with Gasteiger partial charge in [-0.15, -0.1) is 0 Å². The molecule has 3 aromatic heterocycles. The summed E-state index contributed by atoms with van der Waals surface area (Å²) in [5, 5.41) is 9.48. The molecule has 0 unspecified atom stereocenters. The topological polar surface area (TPSA) is 136 Å². The van der Waals surface area contributed by atoms with Crippen LogP contribution in [0.1, 0.15) is 21.0 Å². The first-order valence-corrected chi connectivity index (χ1v) is 10.3. The van der Waals surface area contributed by atoms with E-state index in [1.165, 1.54) is 6.20 Å². The lowest BCUT2D eigenvalue weighted by Gasteiger charge is -2.20. The molecule has 11 heteroatoms. The van der Waals surface area contributed by atoms with Crippen molar-refractivity contribution in [2.24, 2.45) is 7.05 Å². The van der Waals surface area contributed by atoms with Gasteiger partial charge in [-0.05, 0) is 24.3 Å². The van der Waals surface area contributed by atoms with Gasteiger partial charge in [-0.2, -0.15) is 0 Å². The fourth-order valence-electron chi connectivity index (χ4n) is 3.25. The second kappa shape index (κ2) is 6.75. The maximum Gasteiger partial charge on any atom is 0.290 e. The average Bonchev–Trinajstić information content (AvgIpc) is 3.32. The summed E-state index contributed by atoms with van der Waals surface area (Å²) in [7, 11) is -1.71. The van der Waals surface area contributed by atoms with Crippen molar-refractivity contribution in [1.82, 2.24) is 25.3 Å². The molecule has 1 saturated heterocycles. The molecule has 2 N–H and O–H groups in total. The Kier molecular flexibility index (Phi) is 4.38. The van der Waals surface area contributed by atoms with Crippen molar-refractivity contribution in [3.63, 3.8) is 0 Å². The molecule has 0 radical (unpaired) electrons. The molecular formula is C17H17N5O5S. The molecule has 4 heterocycles. The fourth-order valence-corrected chi connectivity index (χ4v) is 5.12. The fraction of sp³-hybridized carbons (Fsp3) is 0.294. The number of carbonyl (C=O) groups excluding carboxylic acids is 2. The number of nitrogens with one attached hydrogen (secondary N) is 2. The molecule has 10 nitrogen and oxygen atoms in total. The molecule has 0 saturated carbocycles. The van der Waals surface area contributed by atoms with E-state index in [2.05, 4.69) is 20.8 Å². The summed E-state index contributed by atoms with van der Waals surface area (Å²) in [6.45, 7) is 0. The highest BCUT2D eigenvalue weighted by Gasteiger charge is 2.40. The molecule has 0 aliphatic carbocycles. The van der Waals surface area contributed by atoms with Crippen LogP contribution in [-0.4, -0.2) is 58.5 Å². The maximum atomic E-state index is 12.6. The van der Waals surface area contributed by atoms with E-state index in [0.717, 1.165) is 0 Å². The molecule has 28 heavy (non-hydrogen) atoms. The lowest BCUT2D eigenvalue weighted by Crippen LogP contribution is -2.51. The summed E-state index contributed by atoms with van der Waals surface area (Å²) in [4.78, 5) is 29.1. The largest absolute Gasteiger partial charge is 0.348 e. The summed E-state index contributed by atoms with van der Waals surface area (Å²) in [5.41, 5.74) is 0.668. The van der Waals surface area contributed by atoms with Gasteiger partial charge in [-0.3, -0.25) is 9.59 Å². The van der Waals surface area contributed by atoms with Crippen LogP contribution in [0.25, 0.3) is 11.0 Å². The van der Waals surface area contributed by atoms with Crippen LogP contribution in [0.2, 0.25) is 0 Å².